The van der Waals surface area contributed by atoms with Gasteiger partial charge in [-0.1, -0.05) is 0 Å². The van der Waals surface area contributed by atoms with Crippen LogP contribution in [0.2, 0.25) is 0 Å². The van der Waals surface area contributed by atoms with Gasteiger partial charge in [0.15, 0.2) is 0 Å². The number of nitro groups is 1. The first-order valence-corrected chi connectivity index (χ1v) is 5.28. The number of benzene rings is 1. The standard InChI is InChI=1S/C9H7NO2S2/c1-5-7(13)4-8-6(2-3-14-8)9(5)10(11)12/h2-4,13H,1H3. The molecule has 3 nitrogen and oxygen atoms in total. The maximum atomic E-state index is 10.9. The Bertz CT molecular complexity index is 519. The molecule has 0 atom stereocenters. The van der Waals surface area contributed by atoms with Crippen LogP contribution in [0.4, 0.5) is 5.69 Å². The molecule has 5 heteroatoms. The van der Waals surface area contributed by atoms with Gasteiger partial charge < -0.3 is 0 Å². The molecule has 0 saturated carbocycles. The van der Waals surface area contributed by atoms with Gasteiger partial charge in [0.05, 0.1) is 10.3 Å². The summed E-state index contributed by atoms with van der Waals surface area (Å²) in [6.07, 6.45) is 0. The Hall–Kier alpha value is -1.07. The molecule has 0 bridgehead atoms. The van der Waals surface area contributed by atoms with Gasteiger partial charge in [-0.3, -0.25) is 10.1 Å². The predicted molar refractivity (Wildman–Crippen MR) is 60.5 cm³/mol. The van der Waals surface area contributed by atoms with E-state index < -0.39 is 0 Å². The van der Waals surface area contributed by atoms with Crippen LogP contribution in [-0.2, 0) is 0 Å². The second kappa shape index (κ2) is 3.25. The van der Waals surface area contributed by atoms with Crippen LogP contribution in [0.1, 0.15) is 5.56 Å². The number of nitro benzene ring substituents is 1. The van der Waals surface area contributed by atoms with Crippen molar-refractivity contribution in [3.8, 4) is 0 Å². The van der Waals surface area contributed by atoms with Gasteiger partial charge in [0, 0.05) is 15.2 Å². The van der Waals surface area contributed by atoms with Crippen molar-refractivity contribution < 1.29 is 4.92 Å². The van der Waals surface area contributed by atoms with Crippen molar-refractivity contribution in [1.82, 2.24) is 0 Å². The first-order valence-electron chi connectivity index (χ1n) is 3.95. The monoisotopic (exact) mass is 225 g/mol. The topological polar surface area (TPSA) is 43.1 Å². The summed E-state index contributed by atoms with van der Waals surface area (Å²) >= 11 is 5.70. The molecule has 0 aliphatic heterocycles. The van der Waals surface area contributed by atoms with Crippen molar-refractivity contribution in [2.75, 3.05) is 0 Å². The van der Waals surface area contributed by atoms with Crippen LogP contribution >= 0.6 is 24.0 Å². The molecule has 2 rings (SSSR count). The summed E-state index contributed by atoms with van der Waals surface area (Å²) in [5.74, 6) is 0. The molecule has 0 saturated heterocycles. The molecule has 72 valence electrons. The highest BCUT2D eigenvalue weighted by molar-refractivity contribution is 7.80. The first kappa shape index (κ1) is 9.48. The fourth-order valence-corrected chi connectivity index (χ4v) is 2.57. The number of nitrogens with zero attached hydrogens (tertiary/aromatic N) is 1. The highest BCUT2D eigenvalue weighted by atomic mass is 32.1. The van der Waals surface area contributed by atoms with Crippen LogP contribution in [0.15, 0.2) is 22.4 Å². The molecular formula is C9H7NO2S2. The molecule has 0 fully saturated rings. The quantitative estimate of drug-likeness (QED) is 0.459. The summed E-state index contributed by atoms with van der Waals surface area (Å²) in [5, 5.41) is 13.4. The van der Waals surface area contributed by atoms with E-state index in [9.17, 15) is 10.1 Å². The maximum Gasteiger partial charge on any atom is 0.282 e. The Kier molecular flexibility index (Phi) is 2.20. The molecule has 2 aromatic rings. The van der Waals surface area contributed by atoms with Gasteiger partial charge in [0.1, 0.15) is 0 Å². The van der Waals surface area contributed by atoms with E-state index in [1.165, 1.54) is 11.3 Å². The normalized spacial score (nSPS) is 10.7. The number of fused-ring (bicyclic) bond motifs is 1. The van der Waals surface area contributed by atoms with Crippen LogP contribution in [0.25, 0.3) is 10.1 Å². The van der Waals surface area contributed by atoms with Gasteiger partial charge >= 0.3 is 0 Å². The number of thiol groups is 1. The summed E-state index contributed by atoms with van der Waals surface area (Å²) < 4.78 is 0.910. The Morgan fingerprint density at radius 1 is 1.57 bits per heavy atom. The molecule has 1 aromatic heterocycles. The Morgan fingerprint density at radius 3 is 2.93 bits per heavy atom. The van der Waals surface area contributed by atoms with Gasteiger partial charge in [-0.15, -0.1) is 24.0 Å². The molecule has 0 radical (unpaired) electrons. The van der Waals surface area contributed by atoms with Crippen molar-refractivity contribution in [3.63, 3.8) is 0 Å². The maximum absolute atomic E-state index is 10.9. The second-order valence-corrected chi connectivity index (χ2v) is 4.39. The minimum absolute atomic E-state index is 0.175. The van der Waals surface area contributed by atoms with Crippen molar-refractivity contribution in [3.05, 3.63) is 33.2 Å². The van der Waals surface area contributed by atoms with Gasteiger partial charge in [-0.2, -0.15) is 0 Å². The fourth-order valence-electron chi connectivity index (χ4n) is 1.42. The summed E-state index contributed by atoms with van der Waals surface area (Å²) in [7, 11) is 0. The minimum Gasteiger partial charge on any atom is -0.258 e. The largest absolute Gasteiger partial charge is 0.282 e. The molecular weight excluding hydrogens is 218 g/mol. The average Bonchev–Trinajstić information content (AvgIpc) is 2.52. The second-order valence-electron chi connectivity index (χ2n) is 2.96. The summed E-state index contributed by atoms with van der Waals surface area (Å²) in [4.78, 5) is 11.2. The Morgan fingerprint density at radius 2 is 2.29 bits per heavy atom. The lowest BCUT2D eigenvalue weighted by atomic mass is 10.1. The minimum atomic E-state index is -0.343. The zero-order chi connectivity index (χ0) is 10.3. The Labute approximate surface area is 89.9 Å². The first-order chi connectivity index (χ1) is 6.61. The van der Waals surface area contributed by atoms with E-state index in [1.807, 2.05) is 11.4 Å². The average molecular weight is 225 g/mol. The zero-order valence-electron chi connectivity index (χ0n) is 7.35. The van der Waals surface area contributed by atoms with E-state index in [0.717, 1.165) is 4.70 Å². The molecule has 0 aliphatic rings. The number of hydrogen-bond donors (Lipinski definition) is 1. The molecule has 14 heavy (non-hydrogen) atoms. The predicted octanol–water partition coefficient (Wildman–Crippen LogP) is 3.41. The third kappa shape index (κ3) is 1.29. The SMILES string of the molecule is Cc1c(S)cc2sccc2c1[N+](=O)[O-]. The van der Waals surface area contributed by atoms with Gasteiger partial charge in [0.2, 0.25) is 0 Å². The lowest BCUT2D eigenvalue weighted by molar-refractivity contribution is -0.383. The van der Waals surface area contributed by atoms with Crippen molar-refractivity contribution in [1.29, 1.82) is 0 Å². The van der Waals surface area contributed by atoms with Crippen molar-refractivity contribution >= 4 is 39.7 Å². The Balaban J connectivity index is 2.93. The molecule has 0 spiro atoms. The van der Waals surface area contributed by atoms with Crippen LogP contribution in [0.3, 0.4) is 0 Å². The molecule has 0 unspecified atom stereocenters. The van der Waals surface area contributed by atoms with Crippen LogP contribution in [-0.4, -0.2) is 4.92 Å². The van der Waals surface area contributed by atoms with E-state index >= 15 is 0 Å². The van der Waals surface area contributed by atoms with Crippen LogP contribution in [0.5, 0.6) is 0 Å². The highest BCUT2D eigenvalue weighted by Gasteiger charge is 2.18. The molecule has 0 aliphatic carbocycles. The smallest absolute Gasteiger partial charge is 0.258 e. The van der Waals surface area contributed by atoms with Crippen molar-refractivity contribution in [2.45, 2.75) is 11.8 Å². The highest BCUT2D eigenvalue weighted by Crippen LogP contribution is 2.36. The lowest BCUT2D eigenvalue weighted by Gasteiger charge is -2.01. The summed E-state index contributed by atoms with van der Waals surface area (Å²) in [6, 6.07) is 3.64. The van der Waals surface area contributed by atoms with Gasteiger partial charge in [-0.05, 0) is 24.4 Å². The van der Waals surface area contributed by atoms with E-state index in [4.69, 9.17) is 0 Å². The van der Waals surface area contributed by atoms with Gasteiger partial charge in [0.25, 0.3) is 5.69 Å². The number of thiophene rings is 1. The van der Waals surface area contributed by atoms with Gasteiger partial charge in [-0.25, -0.2) is 0 Å². The van der Waals surface area contributed by atoms with Crippen molar-refractivity contribution in [2.24, 2.45) is 0 Å². The number of hydrogen-bond acceptors (Lipinski definition) is 4. The third-order valence-electron chi connectivity index (χ3n) is 2.14. The van der Waals surface area contributed by atoms with E-state index in [1.54, 1.807) is 13.0 Å². The molecule has 0 N–H and O–H groups in total. The van der Waals surface area contributed by atoms with E-state index in [2.05, 4.69) is 12.6 Å². The summed E-state index contributed by atoms with van der Waals surface area (Å²) in [5.41, 5.74) is 0.804. The third-order valence-corrected chi connectivity index (χ3v) is 3.47. The molecule has 0 amide bonds. The van der Waals surface area contributed by atoms with E-state index in [-0.39, 0.29) is 10.6 Å². The number of rotatable bonds is 1. The molecule has 1 aromatic carbocycles. The van der Waals surface area contributed by atoms with Crippen LogP contribution in [0, 0.1) is 17.0 Å². The lowest BCUT2D eigenvalue weighted by Crippen LogP contribution is -1.92. The molecule has 1 heterocycles. The zero-order valence-corrected chi connectivity index (χ0v) is 9.06. The van der Waals surface area contributed by atoms with Crippen LogP contribution < -0.4 is 0 Å². The summed E-state index contributed by atoms with van der Waals surface area (Å²) in [6.45, 7) is 1.72. The van der Waals surface area contributed by atoms with E-state index in [0.29, 0.717) is 15.8 Å². The fraction of sp³-hybridized carbons (Fsp3) is 0.111.